The smallest absolute Gasteiger partial charge is 0.341 e. The number of rotatable bonds is 9. The first-order chi connectivity index (χ1) is 22.5. The van der Waals surface area contributed by atoms with E-state index < -0.39 is 5.97 Å². The Kier molecular flexibility index (Phi) is 7.47. The molecule has 12 heteroatoms. The number of hydrogen-bond donors (Lipinski definition) is 1. The summed E-state index contributed by atoms with van der Waals surface area (Å²) >= 11 is 1.38. The predicted molar refractivity (Wildman–Crippen MR) is 172 cm³/mol. The van der Waals surface area contributed by atoms with Crippen molar-refractivity contribution in [2.45, 2.75) is 6.92 Å². The van der Waals surface area contributed by atoms with Crippen molar-refractivity contribution in [1.82, 2.24) is 19.7 Å². The zero-order valence-corrected chi connectivity index (χ0v) is 25.7. The minimum atomic E-state index is -0.523. The third-order valence-electron chi connectivity index (χ3n) is 7.18. The van der Waals surface area contributed by atoms with Crippen molar-refractivity contribution in [1.29, 1.82) is 0 Å². The molecule has 4 aromatic carbocycles. The molecule has 1 N–H and O–H groups in total. The second-order valence-electron chi connectivity index (χ2n) is 9.98. The lowest BCUT2D eigenvalue weighted by Crippen LogP contribution is -2.05. The Balaban J connectivity index is 1.41. The number of aromatic nitrogens is 4. The first kappa shape index (κ1) is 28.9. The van der Waals surface area contributed by atoms with E-state index in [-0.39, 0.29) is 23.7 Å². The van der Waals surface area contributed by atoms with Crippen molar-refractivity contribution < 1.29 is 33.3 Å². The Morgan fingerprint density at radius 1 is 0.935 bits per heavy atom. The van der Waals surface area contributed by atoms with Gasteiger partial charge in [-0.05, 0) is 49.4 Å². The Hall–Kier alpha value is -5.88. The average molecular weight is 635 g/mol. The van der Waals surface area contributed by atoms with E-state index in [1.165, 1.54) is 35.5 Å². The van der Waals surface area contributed by atoms with Crippen LogP contribution in [0.25, 0.3) is 49.0 Å². The van der Waals surface area contributed by atoms with Gasteiger partial charge in [-0.1, -0.05) is 24.3 Å². The number of para-hydroxylation sites is 3. The summed E-state index contributed by atoms with van der Waals surface area (Å²) in [5.74, 6) is 0.858. The van der Waals surface area contributed by atoms with Crippen LogP contribution in [0.15, 0.2) is 89.6 Å². The van der Waals surface area contributed by atoms with Crippen molar-refractivity contribution in [2.24, 2.45) is 0 Å². The van der Waals surface area contributed by atoms with Crippen LogP contribution in [-0.2, 0) is 4.74 Å². The summed E-state index contributed by atoms with van der Waals surface area (Å²) in [6.45, 7) is 1.94. The van der Waals surface area contributed by atoms with Gasteiger partial charge in [0.15, 0.2) is 17.1 Å². The summed E-state index contributed by atoms with van der Waals surface area (Å²) in [6.07, 6.45) is 2.91. The molecule has 3 heterocycles. The lowest BCUT2D eigenvalue weighted by Gasteiger charge is -2.18. The molecule has 7 aromatic rings. The predicted octanol–water partition coefficient (Wildman–Crippen LogP) is 7.65. The van der Waals surface area contributed by atoms with E-state index in [1.807, 2.05) is 48.5 Å². The topological polar surface area (TPSA) is 131 Å². The van der Waals surface area contributed by atoms with Gasteiger partial charge in [0, 0.05) is 12.3 Å². The zero-order valence-electron chi connectivity index (χ0n) is 24.9. The van der Waals surface area contributed by atoms with Crippen molar-refractivity contribution in [2.75, 3.05) is 20.8 Å². The van der Waals surface area contributed by atoms with Crippen LogP contribution in [0.2, 0.25) is 0 Å². The van der Waals surface area contributed by atoms with Gasteiger partial charge in [0.05, 0.1) is 53.9 Å². The SMILES string of the molecule is CCOC(=O)c1cnn(-c2c(OC)cc(Oc3ccc(OC)cc3-c3nc4ccccc4o3)c(O)c2-c2nc3ccccc3s2)c1. The number of fused-ring (bicyclic) bond motifs is 2. The number of benzene rings is 4. The van der Waals surface area contributed by atoms with Crippen LogP contribution in [-0.4, -0.2) is 51.7 Å². The van der Waals surface area contributed by atoms with Crippen molar-refractivity contribution in [3.8, 4) is 56.5 Å². The number of carbonyl (C=O) groups is 1. The largest absolute Gasteiger partial charge is 0.504 e. The van der Waals surface area contributed by atoms with E-state index in [0.29, 0.717) is 56.1 Å². The number of nitrogens with zero attached hydrogens (tertiary/aromatic N) is 4. The summed E-state index contributed by atoms with van der Waals surface area (Å²) in [5.41, 5.74) is 3.44. The maximum Gasteiger partial charge on any atom is 0.341 e. The molecule has 230 valence electrons. The monoisotopic (exact) mass is 634 g/mol. The Labute approximate surface area is 266 Å². The minimum Gasteiger partial charge on any atom is -0.504 e. The standard InChI is InChI=1S/C34H26N4O7S/c1-4-43-34(40)19-17-35-38(18-19)30-26(42-3)16-27(31(39)29(30)33-37-23-10-6-8-12-28(23)46-33)44-24-14-13-20(41-2)15-21(24)32-36-22-9-5-7-11-25(22)45-32/h5-18,39H,4H2,1-3H3. The van der Waals surface area contributed by atoms with E-state index in [1.54, 1.807) is 38.3 Å². The van der Waals surface area contributed by atoms with Gasteiger partial charge in [-0.3, -0.25) is 0 Å². The maximum atomic E-state index is 12.5. The van der Waals surface area contributed by atoms with Crippen molar-refractivity contribution >= 4 is 38.6 Å². The summed E-state index contributed by atoms with van der Waals surface area (Å²) < 4.78 is 31.3. The number of carbonyl (C=O) groups excluding carboxylic acids is 1. The highest BCUT2D eigenvalue weighted by Crippen LogP contribution is 2.50. The zero-order chi connectivity index (χ0) is 31.8. The highest BCUT2D eigenvalue weighted by Gasteiger charge is 2.27. The molecular weight excluding hydrogens is 608 g/mol. The molecule has 0 amide bonds. The van der Waals surface area contributed by atoms with Crippen molar-refractivity contribution in [3.63, 3.8) is 0 Å². The van der Waals surface area contributed by atoms with Gasteiger partial charge in [-0.15, -0.1) is 11.3 Å². The summed E-state index contributed by atoms with van der Waals surface area (Å²) in [7, 11) is 3.06. The number of ether oxygens (including phenoxy) is 4. The third kappa shape index (κ3) is 5.14. The number of thiazole rings is 1. The molecule has 0 fully saturated rings. The summed E-state index contributed by atoms with van der Waals surface area (Å²) in [4.78, 5) is 21.9. The molecule has 0 aliphatic heterocycles. The third-order valence-corrected chi connectivity index (χ3v) is 8.24. The van der Waals surface area contributed by atoms with Crippen LogP contribution in [0.4, 0.5) is 0 Å². The van der Waals surface area contributed by atoms with Crippen LogP contribution < -0.4 is 14.2 Å². The fourth-order valence-corrected chi connectivity index (χ4v) is 6.03. The fourth-order valence-electron chi connectivity index (χ4n) is 5.02. The molecule has 0 unspecified atom stereocenters. The van der Waals surface area contributed by atoms with E-state index in [9.17, 15) is 9.90 Å². The van der Waals surface area contributed by atoms with Crippen LogP contribution in [0.3, 0.4) is 0 Å². The highest BCUT2D eigenvalue weighted by atomic mass is 32.1. The van der Waals surface area contributed by atoms with Crippen LogP contribution in [0.5, 0.6) is 28.7 Å². The maximum absolute atomic E-state index is 12.5. The summed E-state index contributed by atoms with van der Waals surface area (Å²) in [6, 6.07) is 21.8. The highest BCUT2D eigenvalue weighted by molar-refractivity contribution is 7.21. The molecule has 0 bridgehead atoms. The molecule has 0 saturated carbocycles. The lowest BCUT2D eigenvalue weighted by molar-refractivity contribution is 0.0526. The van der Waals surface area contributed by atoms with Gasteiger partial charge in [0.1, 0.15) is 33.5 Å². The molecule has 0 atom stereocenters. The first-order valence-electron chi connectivity index (χ1n) is 14.2. The number of phenolic OH excluding ortho intramolecular Hbond substituents is 1. The van der Waals surface area contributed by atoms with Crippen LogP contribution >= 0.6 is 11.3 Å². The number of aromatic hydroxyl groups is 1. The normalized spacial score (nSPS) is 11.2. The van der Waals surface area contributed by atoms with Gasteiger partial charge >= 0.3 is 5.97 Å². The molecule has 0 aliphatic rings. The second-order valence-corrected chi connectivity index (χ2v) is 11.0. The van der Waals surface area contributed by atoms with Gasteiger partial charge in [0.2, 0.25) is 5.89 Å². The molecule has 11 nitrogen and oxygen atoms in total. The number of phenols is 1. The molecule has 46 heavy (non-hydrogen) atoms. The second kappa shape index (κ2) is 11.9. The quantitative estimate of drug-likeness (QED) is 0.158. The number of oxazole rings is 1. The fraction of sp³-hybridized carbons (Fsp3) is 0.118. The number of hydrogen-bond acceptors (Lipinski definition) is 11. The van der Waals surface area contributed by atoms with Crippen LogP contribution in [0, 0.1) is 0 Å². The molecule has 3 aromatic heterocycles. The Morgan fingerprint density at radius 3 is 2.50 bits per heavy atom. The Morgan fingerprint density at radius 2 is 1.74 bits per heavy atom. The molecule has 0 radical (unpaired) electrons. The molecule has 0 spiro atoms. The summed E-state index contributed by atoms with van der Waals surface area (Å²) in [5, 5.41) is 16.9. The van der Waals surface area contributed by atoms with Gasteiger partial charge < -0.3 is 28.5 Å². The molecule has 7 rings (SSSR count). The van der Waals surface area contributed by atoms with E-state index in [4.69, 9.17) is 28.3 Å². The van der Waals surface area contributed by atoms with Gasteiger partial charge in [-0.2, -0.15) is 5.10 Å². The van der Waals surface area contributed by atoms with E-state index >= 15 is 0 Å². The average Bonchev–Trinajstić information content (AvgIpc) is 3.84. The van der Waals surface area contributed by atoms with Crippen molar-refractivity contribution in [3.05, 3.63) is 90.8 Å². The molecule has 0 aliphatic carbocycles. The molecule has 0 saturated heterocycles. The van der Waals surface area contributed by atoms with E-state index in [0.717, 1.165) is 10.2 Å². The Bertz CT molecular complexity index is 2170. The van der Waals surface area contributed by atoms with Crippen LogP contribution in [0.1, 0.15) is 17.3 Å². The minimum absolute atomic E-state index is 0.0788. The number of methoxy groups -OCH3 is 2. The first-order valence-corrected chi connectivity index (χ1v) is 15.0. The lowest BCUT2D eigenvalue weighted by atomic mass is 10.1. The number of esters is 1. The van der Waals surface area contributed by atoms with Gasteiger partial charge in [0.25, 0.3) is 0 Å². The molecular formula is C34H26N4O7S. The van der Waals surface area contributed by atoms with E-state index in [2.05, 4.69) is 10.1 Å². The van der Waals surface area contributed by atoms with Gasteiger partial charge in [-0.25, -0.2) is 19.4 Å².